The maximum absolute atomic E-state index is 13.5. The number of nitrogens with zero attached hydrogens (tertiary/aromatic N) is 1. The predicted octanol–water partition coefficient (Wildman–Crippen LogP) is 3.88. The van der Waals surface area contributed by atoms with Gasteiger partial charge in [-0.2, -0.15) is 0 Å². The summed E-state index contributed by atoms with van der Waals surface area (Å²) in [4.78, 5) is 39.6. The first-order chi connectivity index (χ1) is 16.3. The van der Waals surface area contributed by atoms with Crippen molar-refractivity contribution in [2.75, 3.05) is 18.4 Å². The van der Waals surface area contributed by atoms with E-state index in [9.17, 15) is 14.4 Å². The summed E-state index contributed by atoms with van der Waals surface area (Å²) in [6, 6.07) is 10.7. The van der Waals surface area contributed by atoms with Crippen molar-refractivity contribution in [1.82, 2.24) is 10.2 Å². The maximum Gasteiger partial charge on any atom is 0.237 e. The summed E-state index contributed by atoms with van der Waals surface area (Å²) < 4.78 is 6.46. The number of rotatable bonds is 3. The summed E-state index contributed by atoms with van der Waals surface area (Å²) >= 11 is 6.19. The van der Waals surface area contributed by atoms with Crippen molar-refractivity contribution >= 4 is 35.0 Å². The van der Waals surface area contributed by atoms with Gasteiger partial charge in [0.1, 0.15) is 17.3 Å². The Labute approximate surface area is 203 Å². The number of halogens is 1. The lowest BCUT2D eigenvalue weighted by Crippen LogP contribution is -2.52. The van der Waals surface area contributed by atoms with Crippen molar-refractivity contribution in [2.45, 2.75) is 57.1 Å². The summed E-state index contributed by atoms with van der Waals surface area (Å²) in [5, 5.41) is 6.65. The molecule has 178 valence electrons. The molecule has 2 fully saturated rings. The monoisotopic (exact) mass is 481 g/mol. The van der Waals surface area contributed by atoms with Crippen molar-refractivity contribution < 1.29 is 19.1 Å². The lowest BCUT2D eigenvalue weighted by molar-refractivity contribution is -0.131. The highest BCUT2D eigenvalue weighted by molar-refractivity contribution is 6.31. The van der Waals surface area contributed by atoms with Gasteiger partial charge in [-0.1, -0.05) is 35.4 Å². The Morgan fingerprint density at radius 3 is 2.65 bits per heavy atom. The second kappa shape index (κ2) is 8.62. The van der Waals surface area contributed by atoms with E-state index in [1.165, 1.54) is 0 Å². The van der Waals surface area contributed by atoms with Crippen LogP contribution in [0.2, 0.25) is 5.02 Å². The molecular formula is C26H28ClN3O4. The van der Waals surface area contributed by atoms with Crippen molar-refractivity contribution in [3.8, 4) is 5.75 Å². The number of carbonyl (C=O) groups is 3. The molecule has 3 aliphatic heterocycles. The van der Waals surface area contributed by atoms with Crippen molar-refractivity contribution in [3.05, 3.63) is 58.1 Å². The van der Waals surface area contributed by atoms with Crippen LogP contribution in [0, 0.1) is 6.92 Å². The highest BCUT2D eigenvalue weighted by Gasteiger charge is 2.56. The second-order valence-corrected chi connectivity index (χ2v) is 9.92. The molecule has 2 aromatic carbocycles. The van der Waals surface area contributed by atoms with E-state index in [4.69, 9.17) is 16.3 Å². The van der Waals surface area contributed by atoms with Crippen molar-refractivity contribution in [2.24, 2.45) is 0 Å². The number of carbonyl (C=O) groups excluding carboxylic acids is 3. The standard InChI is InChI=1S/C26H28ClN3O4/c1-15-3-6-22(34-18-8-11-30(12-9-18)16(2)31)19(13-15)24-26(10-7-23(32)29-24)20-5-4-17(27)14-21(20)28-25(26)33/h3-6,13-14,18,24H,7-12H2,1-2H3,(H,28,33)(H,29,32)/t24-,26-/m1/s1. The van der Waals surface area contributed by atoms with Crippen LogP contribution in [0.4, 0.5) is 5.69 Å². The maximum atomic E-state index is 13.5. The van der Waals surface area contributed by atoms with E-state index in [1.807, 2.05) is 36.1 Å². The van der Waals surface area contributed by atoms with Crippen LogP contribution in [0.5, 0.6) is 5.75 Å². The number of likely N-dealkylation sites (tertiary alicyclic amines) is 1. The third-order valence-electron chi connectivity index (χ3n) is 7.32. The van der Waals surface area contributed by atoms with E-state index in [1.54, 1.807) is 19.1 Å². The zero-order chi connectivity index (χ0) is 24.0. The molecule has 2 atom stereocenters. The fourth-order valence-corrected chi connectivity index (χ4v) is 5.70. The van der Waals surface area contributed by atoms with E-state index in [0.717, 1.165) is 29.5 Å². The van der Waals surface area contributed by atoms with Gasteiger partial charge in [0.05, 0.1) is 6.04 Å². The topological polar surface area (TPSA) is 87.7 Å². The first-order valence-electron chi connectivity index (χ1n) is 11.7. The minimum absolute atomic E-state index is 0.0456. The SMILES string of the molecule is CC(=O)N1CCC(Oc2ccc(C)cc2[C@H]2NC(=O)CC[C@]23C(=O)Nc2cc(Cl)ccc23)CC1. The molecular weight excluding hydrogens is 454 g/mol. The van der Waals surface area contributed by atoms with Gasteiger partial charge >= 0.3 is 0 Å². The van der Waals surface area contributed by atoms with E-state index in [-0.39, 0.29) is 30.2 Å². The third-order valence-corrected chi connectivity index (χ3v) is 7.55. The molecule has 0 aromatic heterocycles. The largest absolute Gasteiger partial charge is 0.490 e. The predicted molar refractivity (Wildman–Crippen MR) is 129 cm³/mol. The molecule has 0 bridgehead atoms. The van der Waals surface area contributed by atoms with Crippen LogP contribution >= 0.6 is 11.6 Å². The van der Waals surface area contributed by atoms with Gasteiger partial charge in [-0.05, 0) is 37.1 Å². The van der Waals surface area contributed by atoms with Crippen LogP contribution < -0.4 is 15.4 Å². The van der Waals surface area contributed by atoms with Crippen molar-refractivity contribution in [1.29, 1.82) is 0 Å². The minimum atomic E-state index is -0.947. The molecule has 0 unspecified atom stereocenters. The van der Waals surface area contributed by atoms with Gasteiger partial charge < -0.3 is 20.3 Å². The van der Waals surface area contributed by atoms with Gasteiger partial charge in [0.15, 0.2) is 0 Å². The average molecular weight is 482 g/mol. The number of nitrogens with one attached hydrogen (secondary N) is 2. The van der Waals surface area contributed by atoms with Gasteiger partial charge in [0, 0.05) is 55.5 Å². The number of fused-ring (bicyclic) bond motifs is 2. The lowest BCUT2D eigenvalue weighted by Gasteiger charge is -2.41. The fourth-order valence-electron chi connectivity index (χ4n) is 5.52. The number of hydrogen-bond donors (Lipinski definition) is 2. The fraction of sp³-hybridized carbons (Fsp3) is 0.423. The van der Waals surface area contributed by atoms with Crippen LogP contribution in [0.15, 0.2) is 36.4 Å². The number of hydrogen-bond acceptors (Lipinski definition) is 4. The number of amides is 3. The number of benzene rings is 2. The van der Waals surface area contributed by atoms with Gasteiger partial charge in [-0.25, -0.2) is 0 Å². The summed E-state index contributed by atoms with van der Waals surface area (Å²) in [5.41, 5.74) is 2.38. The van der Waals surface area contributed by atoms with Gasteiger partial charge in [0.25, 0.3) is 0 Å². The summed E-state index contributed by atoms with van der Waals surface area (Å²) in [6.45, 7) is 4.88. The van der Waals surface area contributed by atoms with Crippen LogP contribution in [0.3, 0.4) is 0 Å². The average Bonchev–Trinajstić information content (AvgIpc) is 3.07. The summed E-state index contributed by atoms with van der Waals surface area (Å²) in [7, 11) is 0. The van der Waals surface area contributed by atoms with E-state index in [0.29, 0.717) is 36.0 Å². The first-order valence-corrected chi connectivity index (χ1v) is 12.1. The minimum Gasteiger partial charge on any atom is -0.490 e. The lowest BCUT2D eigenvalue weighted by atomic mass is 9.67. The van der Waals surface area contributed by atoms with Crippen LogP contribution in [-0.2, 0) is 19.8 Å². The second-order valence-electron chi connectivity index (χ2n) is 9.48. The molecule has 3 amide bonds. The van der Waals surface area contributed by atoms with Crippen LogP contribution in [0.1, 0.15) is 55.3 Å². The molecule has 8 heteroatoms. The molecule has 0 radical (unpaired) electrons. The molecule has 3 aliphatic rings. The quantitative estimate of drug-likeness (QED) is 0.696. The zero-order valence-corrected chi connectivity index (χ0v) is 20.1. The van der Waals surface area contributed by atoms with E-state index in [2.05, 4.69) is 10.6 Å². The van der Waals surface area contributed by atoms with Gasteiger partial charge in [-0.15, -0.1) is 0 Å². The van der Waals surface area contributed by atoms with Gasteiger partial charge in [0.2, 0.25) is 17.7 Å². The first kappa shape index (κ1) is 22.7. The molecule has 34 heavy (non-hydrogen) atoms. The Balaban J connectivity index is 1.53. The highest BCUT2D eigenvalue weighted by Crippen LogP contribution is 2.52. The molecule has 0 aliphatic carbocycles. The molecule has 1 spiro atoms. The van der Waals surface area contributed by atoms with E-state index >= 15 is 0 Å². The number of anilines is 1. The molecule has 7 nitrogen and oxygen atoms in total. The smallest absolute Gasteiger partial charge is 0.237 e. The normalized spacial score (nSPS) is 24.6. The molecule has 2 aromatic rings. The molecule has 0 saturated carbocycles. The number of aryl methyl sites for hydroxylation is 1. The van der Waals surface area contributed by atoms with Gasteiger partial charge in [-0.3, -0.25) is 14.4 Å². The highest BCUT2D eigenvalue weighted by atomic mass is 35.5. The molecule has 5 rings (SSSR count). The van der Waals surface area contributed by atoms with Crippen LogP contribution in [0.25, 0.3) is 0 Å². The molecule has 3 heterocycles. The van der Waals surface area contributed by atoms with Crippen molar-refractivity contribution in [3.63, 3.8) is 0 Å². The molecule has 2 N–H and O–H groups in total. The Bertz CT molecular complexity index is 1170. The van der Waals surface area contributed by atoms with E-state index < -0.39 is 11.5 Å². The summed E-state index contributed by atoms with van der Waals surface area (Å²) in [6.07, 6.45) is 2.08. The molecule has 2 saturated heterocycles. The Morgan fingerprint density at radius 1 is 1.15 bits per heavy atom. The third kappa shape index (κ3) is 3.82. The Morgan fingerprint density at radius 2 is 1.91 bits per heavy atom. The number of ether oxygens (including phenoxy) is 1. The summed E-state index contributed by atoms with van der Waals surface area (Å²) in [5.74, 6) is 0.506. The Kier molecular flexibility index (Phi) is 5.76. The van der Waals surface area contributed by atoms with Crippen LogP contribution in [-0.4, -0.2) is 41.8 Å². The number of piperidine rings is 2. The zero-order valence-electron chi connectivity index (χ0n) is 19.3. The Hall–Kier alpha value is -3.06.